The van der Waals surface area contributed by atoms with Crippen molar-refractivity contribution in [2.45, 2.75) is 26.0 Å². The molecular weight excluding hydrogens is 178 g/mol. The van der Waals surface area contributed by atoms with E-state index in [1.165, 1.54) is 0 Å². The van der Waals surface area contributed by atoms with Gasteiger partial charge in [0.1, 0.15) is 5.75 Å². The second-order valence-corrected chi connectivity index (χ2v) is 3.37. The summed E-state index contributed by atoms with van der Waals surface area (Å²) in [5.74, 6) is 0.792. The Morgan fingerprint density at radius 3 is 2.50 bits per heavy atom. The van der Waals surface area contributed by atoms with Gasteiger partial charge >= 0.3 is 0 Å². The van der Waals surface area contributed by atoms with Crippen LogP contribution in [0.3, 0.4) is 0 Å². The molecule has 0 saturated carbocycles. The SMILES string of the molecule is COc1ccccc1N[C@H](C)[C@@H](C)O. The lowest BCUT2D eigenvalue weighted by Gasteiger charge is -2.19. The summed E-state index contributed by atoms with van der Waals surface area (Å²) in [5, 5.41) is 12.5. The molecule has 0 aliphatic carbocycles. The maximum absolute atomic E-state index is 9.34. The van der Waals surface area contributed by atoms with E-state index < -0.39 is 0 Å². The molecule has 78 valence electrons. The molecule has 1 aromatic rings. The van der Waals surface area contributed by atoms with Crippen molar-refractivity contribution in [3.63, 3.8) is 0 Å². The van der Waals surface area contributed by atoms with E-state index in [1.807, 2.05) is 31.2 Å². The standard InChI is InChI=1S/C11H17NO2/c1-8(9(2)13)12-10-6-4-5-7-11(10)14-3/h4-9,12-13H,1-3H3/t8-,9-/m1/s1. The van der Waals surface area contributed by atoms with E-state index in [1.54, 1.807) is 14.0 Å². The van der Waals surface area contributed by atoms with Crippen molar-refractivity contribution in [3.05, 3.63) is 24.3 Å². The first-order valence-corrected chi connectivity index (χ1v) is 4.72. The van der Waals surface area contributed by atoms with Gasteiger partial charge in [0, 0.05) is 6.04 Å². The predicted molar refractivity (Wildman–Crippen MR) is 57.8 cm³/mol. The molecule has 0 radical (unpaired) electrons. The van der Waals surface area contributed by atoms with E-state index >= 15 is 0 Å². The van der Waals surface area contributed by atoms with Crippen LogP contribution in [0, 0.1) is 0 Å². The molecular formula is C11H17NO2. The highest BCUT2D eigenvalue weighted by molar-refractivity contribution is 5.56. The van der Waals surface area contributed by atoms with Gasteiger partial charge in [-0.15, -0.1) is 0 Å². The van der Waals surface area contributed by atoms with Gasteiger partial charge in [0.05, 0.1) is 18.9 Å². The van der Waals surface area contributed by atoms with Gasteiger partial charge in [0.2, 0.25) is 0 Å². The molecule has 0 amide bonds. The van der Waals surface area contributed by atoms with Gasteiger partial charge in [-0.1, -0.05) is 12.1 Å². The van der Waals surface area contributed by atoms with E-state index in [2.05, 4.69) is 5.32 Å². The number of rotatable bonds is 4. The monoisotopic (exact) mass is 195 g/mol. The van der Waals surface area contributed by atoms with Gasteiger partial charge in [-0.05, 0) is 26.0 Å². The summed E-state index contributed by atoms with van der Waals surface area (Å²) in [6.07, 6.45) is -0.389. The van der Waals surface area contributed by atoms with E-state index in [-0.39, 0.29) is 12.1 Å². The minimum absolute atomic E-state index is 0.00583. The van der Waals surface area contributed by atoms with Gasteiger partial charge in [-0.2, -0.15) is 0 Å². The summed E-state index contributed by atoms with van der Waals surface area (Å²) in [7, 11) is 1.63. The van der Waals surface area contributed by atoms with Gasteiger partial charge in [-0.3, -0.25) is 0 Å². The van der Waals surface area contributed by atoms with E-state index in [0.717, 1.165) is 11.4 Å². The van der Waals surface area contributed by atoms with E-state index in [0.29, 0.717) is 0 Å². The van der Waals surface area contributed by atoms with Gasteiger partial charge in [0.15, 0.2) is 0 Å². The molecule has 0 aromatic heterocycles. The molecule has 0 aliphatic heterocycles. The summed E-state index contributed by atoms with van der Waals surface area (Å²) in [5.41, 5.74) is 0.906. The topological polar surface area (TPSA) is 41.5 Å². The van der Waals surface area contributed by atoms with Crippen LogP contribution in [-0.2, 0) is 0 Å². The number of nitrogens with one attached hydrogen (secondary N) is 1. The smallest absolute Gasteiger partial charge is 0.141 e. The number of hydrogen-bond donors (Lipinski definition) is 2. The van der Waals surface area contributed by atoms with Crippen molar-refractivity contribution in [2.24, 2.45) is 0 Å². The average Bonchev–Trinajstić information content (AvgIpc) is 2.18. The van der Waals surface area contributed by atoms with Crippen LogP contribution in [0.2, 0.25) is 0 Å². The molecule has 2 atom stereocenters. The predicted octanol–water partition coefficient (Wildman–Crippen LogP) is 1.88. The summed E-state index contributed by atoms with van der Waals surface area (Å²) < 4.78 is 5.18. The minimum Gasteiger partial charge on any atom is -0.495 e. The third kappa shape index (κ3) is 2.64. The fourth-order valence-corrected chi connectivity index (χ4v) is 1.13. The van der Waals surface area contributed by atoms with Crippen LogP contribution in [-0.4, -0.2) is 24.4 Å². The highest BCUT2D eigenvalue weighted by atomic mass is 16.5. The normalized spacial score (nSPS) is 14.6. The fourth-order valence-electron chi connectivity index (χ4n) is 1.13. The van der Waals surface area contributed by atoms with Crippen LogP contribution in [0.5, 0.6) is 5.75 Å². The molecule has 3 heteroatoms. The van der Waals surface area contributed by atoms with Crippen LogP contribution >= 0.6 is 0 Å². The number of aliphatic hydroxyl groups is 1. The Balaban J connectivity index is 2.75. The van der Waals surface area contributed by atoms with Crippen molar-refractivity contribution in [3.8, 4) is 5.75 Å². The maximum atomic E-state index is 9.34. The highest BCUT2D eigenvalue weighted by Gasteiger charge is 2.10. The number of para-hydroxylation sites is 2. The van der Waals surface area contributed by atoms with Crippen LogP contribution in [0.15, 0.2) is 24.3 Å². The van der Waals surface area contributed by atoms with Gasteiger partial charge in [0.25, 0.3) is 0 Å². The molecule has 0 aliphatic rings. The molecule has 0 unspecified atom stereocenters. The first-order chi connectivity index (χ1) is 6.65. The second kappa shape index (κ2) is 4.86. The quantitative estimate of drug-likeness (QED) is 0.770. The molecule has 14 heavy (non-hydrogen) atoms. The highest BCUT2D eigenvalue weighted by Crippen LogP contribution is 2.23. The van der Waals surface area contributed by atoms with Crippen molar-refractivity contribution in [1.29, 1.82) is 0 Å². The maximum Gasteiger partial charge on any atom is 0.141 e. The van der Waals surface area contributed by atoms with Crippen LogP contribution < -0.4 is 10.1 Å². The van der Waals surface area contributed by atoms with Gasteiger partial charge < -0.3 is 15.2 Å². The largest absolute Gasteiger partial charge is 0.495 e. The van der Waals surface area contributed by atoms with Gasteiger partial charge in [-0.25, -0.2) is 0 Å². The van der Waals surface area contributed by atoms with E-state index in [9.17, 15) is 5.11 Å². The molecule has 3 nitrogen and oxygen atoms in total. The molecule has 0 fully saturated rings. The lowest BCUT2D eigenvalue weighted by Crippen LogP contribution is -2.27. The Morgan fingerprint density at radius 2 is 1.93 bits per heavy atom. The minimum atomic E-state index is -0.389. The molecule has 0 spiro atoms. The Bertz CT molecular complexity index is 286. The Morgan fingerprint density at radius 1 is 1.29 bits per heavy atom. The molecule has 2 N–H and O–H groups in total. The molecule has 1 aromatic carbocycles. The zero-order valence-electron chi connectivity index (χ0n) is 8.82. The Labute approximate surface area is 84.7 Å². The lowest BCUT2D eigenvalue weighted by molar-refractivity contribution is 0.177. The van der Waals surface area contributed by atoms with Crippen molar-refractivity contribution < 1.29 is 9.84 Å². The first-order valence-electron chi connectivity index (χ1n) is 4.72. The van der Waals surface area contributed by atoms with Crippen LogP contribution in [0.4, 0.5) is 5.69 Å². The zero-order valence-corrected chi connectivity index (χ0v) is 8.82. The summed E-state index contributed by atoms with van der Waals surface area (Å²) in [6, 6.07) is 7.66. The number of aliphatic hydroxyl groups excluding tert-OH is 1. The summed E-state index contributed by atoms with van der Waals surface area (Å²) in [4.78, 5) is 0. The third-order valence-electron chi connectivity index (χ3n) is 2.21. The number of ether oxygens (including phenoxy) is 1. The molecule has 0 saturated heterocycles. The molecule has 0 heterocycles. The molecule has 1 rings (SSSR count). The zero-order chi connectivity index (χ0) is 10.6. The number of hydrogen-bond acceptors (Lipinski definition) is 3. The fraction of sp³-hybridized carbons (Fsp3) is 0.455. The number of methoxy groups -OCH3 is 1. The van der Waals surface area contributed by atoms with Crippen LogP contribution in [0.1, 0.15) is 13.8 Å². The summed E-state index contributed by atoms with van der Waals surface area (Å²) >= 11 is 0. The summed E-state index contributed by atoms with van der Waals surface area (Å²) in [6.45, 7) is 3.68. The van der Waals surface area contributed by atoms with Crippen molar-refractivity contribution in [1.82, 2.24) is 0 Å². The second-order valence-electron chi connectivity index (χ2n) is 3.37. The Hall–Kier alpha value is -1.22. The van der Waals surface area contributed by atoms with Crippen molar-refractivity contribution in [2.75, 3.05) is 12.4 Å². The van der Waals surface area contributed by atoms with Crippen molar-refractivity contribution >= 4 is 5.69 Å². The molecule has 0 bridgehead atoms. The average molecular weight is 195 g/mol. The first kappa shape index (κ1) is 10.9. The Kier molecular flexibility index (Phi) is 3.77. The third-order valence-corrected chi connectivity index (χ3v) is 2.21. The number of anilines is 1. The van der Waals surface area contributed by atoms with Crippen LogP contribution in [0.25, 0.3) is 0 Å². The number of benzene rings is 1. The lowest BCUT2D eigenvalue weighted by atomic mass is 10.2. The van der Waals surface area contributed by atoms with E-state index in [4.69, 9.17) is 4.74 Å².